The number of benzene rings is 2. The van der Waals surface area contributed by atoms with Gasteiger partial charge in [0.25, 0.3) is 0 Å². The van der Waals surface area contributed by atoms with Gasteiger partial charge in [-0.25, -0.2) is 9.18 Å². The van der Waals surface area contributed by atoms with E-state index < -0.39 is 5.97 Å². The first-order chi connectivity index (χ1) is 9.15. The van der Waals surface area contributed by atoms with E-state index in [1.54, 1.807) is 36.4 Å². The largest absolute Gasteiger partial charge is 0.478 e. The molecule has 0 aliphatic heterocycles. The van der Waals surface area contributed by atoms with Crippen LogP contribution in [-0.2, 0) is 13.1 Å². The number of aromatic carboxylic acids is 1. The Morgan fingerprint density at radius 1 is 0.950 bits per heavy atom. The fraction of sp³-hybridized carbons (Fsp3) is 0.133. The van der Waals surface area contributed by atoms with Crippen molar-refractivity contribution >= 4 is 18.4 Å². The molecule has 0 bridgehead atoms. The average molecular weight is 296 g/mol. The fourth-order valence-electron chi connectivity index (χ4n) is 1.72. The summed E-state index contributed by atoms with van der Waals surface area (Å²) in [5, 5.41) is 12.0. The number of halogens is 2. The molecule has 2 aromatic rings. The Bertz CT molecular complexity index is 555. The van der Waals surface area contributed by atoms with Gasteiger partial charge in [0.15, 0.2) is 0 Å². The number of nitrogens with one attached hydrogen (secondary N) is 1. The van der Waals surface area contributed by atoms with Crippen molar-refractivity contribution in [3.8, 4) is 0 Å². The van der Waals surface area contributed by atoms with Gasteiger partial charge >= 0.3 is 5.97 Å². The highest BCUT2D eigenvalue weighted by atomic mass is 35.5. The van der Waals surface area contributed by atoms with Crippen molar-refractivity contribution in [2.45, 2.75) is 13.1 Å². The van der Waals surface area contributed by atoms with E-state index in [4.69, 9.17) is 5.11 Å². The molecule has 0 aliphatic rings. The quantitative estimate of drug-likeness (QED) is 0.890. The van der Waals surface area contributed by atoms with Crippen molar-refractivity contribution in [2.75, 3.05) is 0 Å². The van der Waals surface area contributed by atoms with Crippen LogP contribution in [0.2, 0.25) is 0 Å². The van der Waals surface area contributed by atoms with Crippen LogP contribution in [0.25, 0.3) is 0 Å². The molecule has 0 saturated carbocycles. The van der Waals surface area contributed by atoms with E-state index in [-0.39, 0.29) is 23.8 Å². The lowest BCUT2D eigenvalue weighted by molar-refractivity contribution is 0.0697. The summed E-state index contributed by atoms with van der Waals surface area (Å²) in [6.07, 6.45) is 0. The summed E-state index contributed by atoms with van der Waals surface area (Å²) in [5.74, 6) is -1.17. The molecule has 3 nitrogen and oxygen atoms in total. The van der Waals surface area contributed by atoms with Crippen molar-refractivity contribution in [3.63, 3.8) is 0 Å². The van der Waals surface area contributed by atoms with Gasteiger partial charge in [-0.1, -0.05) is 24.3 Å². The smallest absolute Gasteiger partial charge is 0.335 e. The predicted octanol–water partition coefficient (Wildman–Crippen LogP) is 3.24. The summed E-state index contributed by atoms with van der Waals surface area (Å²) in [4.78, 5) is 10.7. The van der Waals surface area contributed by atoms with E-state index in [0.717, 1.165) is 11.1 Å². The topological polar surface area (TPSA) is 49.3 Å². The average Bonchev–Trinajstić information content (AvgIpc) is 2.41. The number of hydrogen-bond acceptors (Lipinski definition) is 2. The lowest BCUT2D eigenvalue weighted by Gasteiger charge is -2.05. The molecule has 5 heteroatoms. The summed E-state index contributed by atoms with van der Waals surface area (Å²) in [5.41, 5.74) is 2.29. The molecule has 2 aromatic carbocycles. The lowest BCUT2D eigenvalue weighted by atomic mass is 10.1. The minimum atomic E-state index is -0.925. The normalized spacial score (nSPS) is 9.85. The van der Waals surface area contributed by atoms with Gasteiger partial charge in [-0.3, -0.25) is 0 Å². The van der Waals surface area contributed by atoms with Gasteiger partial charge in [-0.15, -0.1) is 12.4 Å². The molecule has 0 radical (unpaired) electrons. The van der Waals surface area contributed by atoms with Crippen LogP contribution >= 0.6 is 12.4 Å². The molecule has 20 heavy (non-hydrogen) atoms. The Labute approximate surface area is 122 Å². The van der Waals surface area contributed by atoms with E-state index in [0.29, 0.717) is 13.1 Å². The van der Waals surface area contributed by atoms with Crippen LogP contribution in [0.5, 0.6) is 0 Å². The molecule has 2 N–H and O–H groups in total. The number of carbonyl (C=O) groups is 1. The molecule has 0 amide bonds. The third-order valence-electron chi connectivity index (χ3n) is 2.77. The Morgan fingerprint density at radius 3 is 1.85 bits per heavy atom. The van der Waals surface area contributed by atoms with Gasteiger partial charge < -0.3 is 10.4 Å². The van der Waals surface area contributed by atoms with E-state index in [2.05, 4.69) is 5.32 Å². The first-order valence-corrected chi connectivity index (χ1v) is 5.92. The van der Waals surface area contributed by atoms with Crippen LogP contribution in [0.3, 0.4) is 0 Å². The van der Waals surface area contributed by atoms with Gasteiger partial charge in [0.2, 0.25) is 0 Å². The zero-order valence-corrected chi connectivity index (χ0v) is 11.5. The van der Waals surface area contributed by atoms with E-state index in [1.807, 2.05) is 0 Å². The molecule has 2 rings (SSSR count). The summed E-state index contributed by atoms with van der Waals surface area (Å²) in [6, 6.07) is 13.0. The SMILES string of the molecule is Cl.O=C(O)c1ccc(CNCc2ccc(F)cc2)cc1. The minimum absolute atomic E-state index is 0. The van der Waals surface area contributed by atoms with Gasteiger partial charge in [0, 0.05) is 13.1 Å². The molecule has 0 unspecified atom stereocenters. The first kappa shape index (κ1) is 16.1. The number of rotatable bonds is 5. The van der Waals surface area contributed by atoms with Gasteiger partial charge in [0.1, 0.15) is 5.82 Å². The Balaban J connectivity index is 0.00000200. The predicted molar refractivity (Wildman–Crippen MR) is 77.6 cm³/mol. The fourth-order valence-corrected chi connectivity index (χ4v) is 1.72. The maximum Gasteiger partial charge on any atom is 0.335 e. The van der Waals surface area contributed by atoms with Crippen molar-refractivity contribution in [2.24, 2.45) is 0 Å². The second-order valence-corrected chi connectivity index (χ2v) is 4.23. The second-order valence-electron chi connectivity index (χ2n) is 4.23. The van der Waals surface area contributed by atoms with Crippen LogP contribution in [0, 0.1) is 5.82 Å². The zero-order chi connectivity index (χ0) is 13.7. The highest BCUT2D eigenvalue weighted by Gasteiger charge is 2.01. The Kier molecular flexibility index (Phi) is 6.15. The molecule has 0 saturated heterocycles. The summed E-state index contributed by atoms with van der Waals surface area (Å²) >= 11 is 0. The minimum Gasteiger partial charge on any atom is -0.478 e. The number of hydrogen-bond donors (Lipinski definition) is 2. The maximum atomic E-state index is 12.7. The standard InChI is InChI=1S/C15H14FNO2.ClH/c16-14-7-3-12(4-8-14)10-17-9-11-1-5-13(6-2-11)15(18)19;/h1-8,17H,9-10H2,(H,18,19);1H. The van der Waals surface area contributed by atoms with E-state index in [1.165, 1.54) is 12.1 Å². The summed E-state index contributed by atoms with van der Waals surface area (Å²) in [7, 11) is 0. The number of carboxylic acids is 1. The Hall–Kier alpha value is -1.91. The van der Waals surface area contributed by atoms with E-state index in [9.17, 15) is 9.18 Å². The van der Waals surface area contributed by atoms with Crippen molar-refractivity contribution < 1.29 is 14.3 Å². The van der Waals surface area contributed by atoms with Gasteiger partial charge in [0.05, 0.1) is 5.56 Å². The van der Waals surface area contributed by atoms with Crippen LogP contribution < -0.4 is 5.32 Å². The molecule has 106 valence electrons. The number of carboxylic acid groups (broad SMARTS) is 1. The van der Waals surface area contributed by atoms with Crippen molar-refractivity contribution in [1.82, 2.24) is 5.32 Å². The highest BCUT2D eigenvalue weighted by molar-refractivity contribution is 5.87. The third kappa shape index (κ3) is 4.64. The van der Waals surface area contributed by atoms with Crippen LogP contribution in [0.4, 0.5) is 4.39 Å². The van der Waals surface area contributed by atoms with Gasteiger partial charge in [-0.2, -0.15) is 0 Å². The molecule has 0 spiro atoms. The molecule has 0 fully saturated rings. The Morgan fingerprint density at radius 2 is 1.40 bits per heavy atom. The third-order valence-corrected chi connectivity index (χ3v) is 2.77. The van der Waals surface area contributed by atoms with Crippen molar-refractivity contribution in [3.05, 3.63) is 71.0 Å². The zero-order valence-electron chi connectivity index (χ0n) is 10.7. The first-order valence-electron chi connectivity index (χ1n) is 5.92. The molecular formula is C15H15ClFNO2. The second kappa shape index (κ2) is 7.62. The van der Waals surface area contributed by atoms with Gasteiger partial charge in [-0.05, 0) is 35.4 Å². The monoisotopic (exact) mass is 295 g/mol. The molecule has 0 heterocycles. The van der Waals surface area contributed by atoms with Crippen LogP contribution in [0.1, 0.15) is 21.5 Å². The molecule has 0 aliphatic carbocycles. The van der Waals surface area contributed by atoms with Crippen LogP contribution in [-0.4, -0.2) is 11.1 Å². The van der Waals surface area contributed by atoms with Crippen molar-refractivity contribution in [1.29, 1.82) is 0 Å². The summed E-state index contributed by atoms with van der Waals surface area (Å²) in [6.45, 7) is 1.28. The maximum absolute atomic E-state index is 12.7. The molecular weight excluding hydrogens is 281 g/mol. The van der Waals surface area contributed by atoms with E-state index >= 15 is 0 Å². The summed E-state index contributed by atoms with van der Waals surface area (Å²) < 4.78 is 12.7. The van der Waals surface area contributed by atoms with Crippen LogP contribution in [0.15, 0.2) is 48.5 Å². The molecule has 0 atom stereocenters. The lowest BCUT2D eigenvalue weighted by Crippen LogP contribution is -2.12. The highest BCUT2D eigenvalue weighted by Crippen LogP contribution is 2.06. The molecule has 0 aromatic heterocycles.